The lowest BCUT2D eigenvalue weighted by molar-refractivity contribution is 0.0537. The van der Waals surface area contributed by atoms with Gasteiger partial charge in [-0.2, -0.15) is 0 Å². The van der Waals surface area contributed by atoms with E-state index in [1.54, 1.807) is 11.7 Å². The van der Waals surface area contributed by atoms with Gasteiger partial charge in [-0.3, -0.25) is 14.6 Å². The number of hydrogen-bond donors (Lipinski definition) is 1. The zero-order valence-corrected chi connectivity index (χ0v) is 17.4. The number of thiazole rings is 1. The molecule has 1 saturated heterocycles. The summed E-state index contributed by atoms with van der Waals surface area (Å²) in [6.45, 7) is 2.73. The van der Waals surface area contributed by atoms with Crippen LogP contribution in [0.5, 0.6) is 5.75 Å². The monoisotopic (exact) mass is 413 g/mol. The first-order chi connectivity index (χ1) is 14.2. The number of fused-ring (bicyclic) bond motifs is 1. The van der Waals surface area contributed by atoms with Crippen LogP contribution in [0, 0.1) is 5.41 Å². The van der Waals surface area contributed by atoms with Gasteiger partial charge in [-0.15, -0.1) is 11.3 Å². The summed E-state index contributed by atoms with van der Waals surface area (Å²) in [6, 6.07) is 7.45. The summed E-state index contributed by atoms with van der Waals surface area (Å²) >= 11 is 1.39. The van der Waals surface area contributed by atoms with Gasteiger partial charge in [0.25, 0.3) is 11.8 Å². The molecule has 0 radical (unpaired) electrons. The summed E-state index contributed by atoms with van der Waals surface area (Å²) in [5, 5.41) is 3.16. The highest BCUT2D eigenvalue weighted by Gasteiger charge is 2.36. The van der Waals surface area contributed by atoms with E-state index in [0.717, 1.165) is 51.6 Å². The molecule has 0 unspecified atom stereocenters. The van der Waals surface area contributed by atoms with Crippen molar-refractivity contribution in [1.29, 1.82) is 0 Å². The molecule has 1 aromatic carbocycles. The Bertz CT molecular complexity index is 845. The van der Waals surface area contributed by atoms with Crippen molar-refractivity contribution in [3.05, 3.63) is 46.4 Å². The van der Waals surface area contributed by atoms with Crippen molar-refractivity contribution in [3.63, 3.8) is 0 Å². The summed E-state index contributed by atoms with van der Waals surface area (Å²) < 4.78 is 5.83. The average Bonchev–Trinajstić information content (AvgIpc) is 3.29. The molecule has 2 aliphatic rings. The van der Waals surface area contributed by atoms with Crippen molar-refractivity contribution in [3.8, 4) is 5.75 Å². The molecular formula is C22H27N3O3S. The standard InChI is InChI=1S/C22H27N3O3S/c26-20-17-6-2-3-7-18(17)28-13-5-1-4-8-22(15-24-20)9-11-25(12-10-22)21(27)19-14-23-16-29-19/h2-3,6-7,14,16H,1,4-5,8-13,15H2,(H,24,26). The van der Waals surface area contributed by atoms with Gasteiger partial charge in [-0.25, -0.2) is 0 Å². The van der Waals surface area contributed by atoms with E-state index in [-0.39, 0.29) is 17.2 Å². The van der Waals surface area contributed by atoms with Crippen molar-refractivity contribution in [1.82, 2.24) is 15.2 Å². The molecule has 0 bridgehead atoms. The molecule has 7 heteroatoms. The van der Waals surface area contributed by atoms with Crippen LogP contribution in [0.15, 0.2) is 36.0 Å². The van der Waals surface area contributed by atoms with Crippen molar-refractivity contribution in [2.45, 2.75) is 38.5 Å². The van der Waals surface area contributed by atoms with E-state index in [9.17, 15) is 9.59 Å². The van der Waals surface area contributed by atoms with Crippen LogP contribution in [0.1, 0.15) is 58.6 Å². The summed E-state index contributed by atoms with van der Waals surface area (Å²) in [4.78, 5) is 32.1. The molecule has 1 aromatic heterocycles. The number of amides is 2. The number of ether oxygens (including phenoxy) is 1. The first kappa shape index (κ1) is 19.9. The lowest BCUT2D eigenvalue weighted by Crippen LogP contribution is -2.48. The van der Waals surface area contributed by atoms with E-state index in [2.05, 4.69) is 10.3 Å². The number of carbonyl (C=O) groups excluding carboxylic acids is 2. The van der Waals surface area contributed by atoms with Gasteiger partial charge in [0, 0.05) is 19.6 Å². The molecule has 1 fully saturated rings. The van der Waals surface area contributed by atoms with Crippen LogP contribution in [0.2, 0.25) is 0 Å². The predicted octanol–water partition coefficient (Wildman–Crippen LogP) is 3.75. The van der Waals surface area contributed by atoms with Crippen molar-refractivity contribution < 1.29 is 14.3 Å². The molecule has 0 saturated carbocycles. The van der Waals surface area contributed by atoms with Gasteiger partial charge in [0.2, 0.25) is 0 Å². The number of rotatable bonds is 1. The third-order valence-electron chi connectivity index (χ3n) is 6.12. The van der Waals surface area contributed by atoms with Crippen LogP contribution in [-0.2, 0) is 0 Å². The Hall–Kier alpha value is -2.41. The molecule has 3 heterocycles. The fourth-order valence-electron chi connectivity index (χ4n) is 4.28. The Morgan fingerprint density at radius 1 is 1.14 bits per heavy atom. The van der Waals surface area contributed by atoms with Gasteiger partial charge < -0.3 is 15.0 Å². The summed E-state index contributed by atoms with van der Waals surface area (Å²) in [5.74, 6) is 0.652. The maximum Gasteiger partial charge on any atom is 0.265 e. The molecule has 4 rings (SSSR count). The molecule has 154 valence electrons. The second-order valence-electron chi connectivity index (χ2n) is 8.00. The summed E-state index contributed by atoms with van der Waals surface area (Å²) in [7, 11) is 0. The minimum Gasteiger partial charge on any atom is -0.493 e. The second kappa shape index (κ2) is 8.95. The zero-order chi connectivity index (χ0) is 20.1. The molecule has 1 spiro atoms. The van der Waals surface area contributed by atoms with Gasteiger partial charge >= 0.3 is 0 Å². The third kappa shape index (κ3) is 4.61. The van der Waals surface area contributed by atoms with Crippen LogP contribution in [-0.4, -0.2) is 47.9 Å². The fourth-order valence-corrected chi connectivity index (χ4v) is 4.87. The quantitative estimate of drug-likeness (QED) is 0.773. The van der Waals surface area contributed by atoms with Crippen LogP contribution in [0.3, 0.4) is 0 Å². The van der Waals surface area contributed by atoms with E-state index in [1.165, 1.54) is 11.3 Å². The number of piperidine rings is 1. The Morgan fingerprint density at radius 2 is 1.97 bits per heavy atom. The lowest BCUT2D eigenvalue weighted by atomic mass is 9.74. The number of para-hydroxylation sites is 1. The van der Waals surface area contributed by atoms with Gasteiger partial charge in [0.1, 0.15) is 10.6 Å². The minimum atomic E-state index is -0.0799. The highest BCUT2D eigenvalue weighted by atomic mass is 32.1. The molecule has 2 aromatic rings. The Kier molecular flexibility index (Phi) is 6.13. The number of hydrogen-bond acceptors (Lipinski definition) is 5. The van der Waals surface area contributed by atoms with E-state index in [1.807, 2.05) is 29.2 Å². The number of benzene rings is 1. The summed E-state index contributed by atoms with van der Waals surface area (Å²) in [6.07, 6.45) is 7.75. The van der Waals surface area contributed by atoms with Crippen molar-refractivity contribution >= 4 is 23.2 Å². The third-order valence-corrected chi connectivity index (χ3v) is 6.88. The van der Waals surface area contributed by atoms with Gasteiger partial charge in [-0.05, 0) is 43.2 Å². The van der Waals surface area contributed by atoms with Crippen LogP contribution in [0.4, 0.5) is 0 Å². The van der Waals surface area contributed by atoms with Crippen molar-refractivity contribution in [2.75, 3.05) is 26.2 Å². The molecule has 2 amide bonds. The zero-order valence-electron chi connectivity index (χ0n) is 16.6. The number of nitrogens with one attached hydrogen (secondary N) is 1. The van der Waals surface area contributed by atoms with E-state index in [0.29, 0.717) is 29.3 Å². The average molecular weight is 414 g/mol. The van der Waals surface area contributed by atoms with Gasteiger partial charge in [0.15, 0.2) is 0 Å². The largest absolute Gasteiger partial charge is 0.493 e. The molecule has 0 aliphatic carbocycles. The predicted molar refractivity (Wildman–Crippen MR) is 112 cm³/mol. The summed E-state index contributed by atoms with van der Waals surface area (Å²) in [5.41, 5.74) is 2.35. The molecule has 2 aliphatic heterocycles. The Morgan fingerprint density at radius 3 is 2.76 bits per heavy atom. The maximum absolute atomic E-state index is 12.8. The smallest absolute Gasteiger partial charge is 0.265 e. The fraction of sp³-hybridized carbons (Fsp3) is 0.500. The van der Waals surface area contributed by atoms with Crippen LogP contribution in [0.25, 0.3) is 0 Å². The molecule has 0 atom stereocenters. The van der Waals surface area contributed by atoms with Gasteiger partial charge in [0.05, 0.1) is 23.9 Å². The molecular weight excluding hydrogens is 386 g/mol. The highest BCUT2D eigenvalue weighted by Crippen LogP contribution is 2.37. The number of aromatic nitrogens is 1. The molecule has 6 nitrogen and oxygen atoms in total. The van der Waals surface area contributed by atoms with E-state index >= 15 is 0 Å². The number of nitrogens with zero attached hydrogens (tertiary/aromatic N) is 2. The van der Waals surface area contributed by atoms with E-state index < -0.39 is 0 Å². The first-order valence-electron chi connectivity index (χ1n) is 10.3. The van der Waals surface area contributed by atoms with Gasteiger partial charge in [-0.1, -0.05) is 25.0 Å². The first-order valence-corrected chi connectivity index (χ1v) is 11.2. The highest BCUT2D eigenvalue weighted by molar-refractivity contribution is 7.11. The lowest BCUT2D eigenvalue weighted by Gasteiger charge is -2.42. The Labute approximate surface area is 175 Å². The molecule has 1 N–H and O–H groups in total. The number of carbonyl (C=O) groups is 2. The number of likely N-dealkylation sites (tertiary alicyclic amines) is 1. The van der Waals surface area contributed by atoms with Crippen molar-refractivity contribution in [2.24, 2.45) is 5.41 Å². The topological polar surface area (TPSA) is 71.5 Å². The normalized spacial score (nSPS) is 20.0. The van der Waals surface area contributed by atoms with Crippen LogP contribution >= 0.6 is 11.3 Å². The second-order valence-corrected chi connectivity index (χ2v) is 8.88. The van der Waals surface area contributed by atoms with E-state index in [4.69, 9.17) is 4.74 Å². The SMILES string of the molecule is O=C1NCC2(CCCCCOc3ccccc31)CCN(C(=O)c1cncs1)CC2. The van der Waals surface area contributed by atoms with Crippen LogP contribution < -0.4 is 10.1 Å². The minimum absolute atomic E-state index is 0.0507. The molecule has 29 heavy (non-hydrogen) atoms. The Balaban J connectivity index is 1.45. The maximum atomic E-state index is 12.8.